The number of halogens is 1. The molecule has 8 rings (SSSR count). The van der Waals surface area contributed by atoms with E-state index in [1.165, 1.54) is 37.1 Å². The summed E-state index contributed by atoms with van der Waals surface area (Å²) in [5, 5.41) is 3.23. The number of hydrogen-bond acceptors (Lipinski definition) is 9. The number of methoxy groups -OCH3 is 1. The summed E-state index contributed by atoms with van der Waals surface area (Å²) in [7, 11) is -2.41. The third-order valence-electron chi connectivity index (χ3n) is 13.2. The van der Waals surface area contributed by atoms with Crippen molar-refractivity contribution in [2.24, 2.45) is 23.2 Å². The fourth-order valence-electron chi connectivity index (χ4n) is 9.32. The zero-order valence-corrected chi connectivity index (χ0v) is 32.8. The van der Waals surface area contributed by atoms with Gasteiger partial charge in [-0.2, -0.15) is 0 Å². The van der Waals surface area contributed by atoms with Crippen LogP contribution in [0.4, 0.5) is 5.69 Å². The maximum Gasteiger partial charge on any atom is 0.264 e. The first-order chi connectivity index (χ1) is 25.4. The summed E-state index contributed by atoms with van der Waals surface area (Å²) in [6.07, 6.45) is 12.3. The molecule has 2 aromatic rings. The van der Waals surface area contributed by atoms with Gasteiger partial charge in [0.1, 0.15) is 11.4 Å². The third-order valence-corrected chi connectivity index (χ3v) is 15.3. The van der Waals surface area contributed by atoms with E-state index in [0.717, 1.165) is 57.3 Å². The molecule has 1 amide bonds. The second kappa shape index (κ2) is 15.3. The summed E-state index contributed by atoms with van der Waals surface area (Å²) in [5.41, 5.74) is 2.66. The van der Waals surface area contributed by atoms with Gasteiger partial charge in [0.2, 0.25) is 10.0 Å². The molecule has 2 saturated heterocycles. The van der Waals surface area contributed by atoms with E-state index in [9.17, 15) is 18.0 Å². The predicted octanol–water partition coefficient (Wildman–Crippen LogP) is 5.85. The van der Waals surface area contributed by atoms with Crippen molar-refractivity contribution >= 4 is 39.5 Å². The monoisotopic (exact) mass is 767 g/mol. The van der Waals surface area contributed by atoms with Crippen LogP contribution < -0.4 is 19.7 Å². The van der Waals surface area contributed by atoms with Gasteiger partial charge in [0.15, 0.2) is 6.29 Å². The number of allylic oxidation sites excluding steroid dienone is 1. The molecule has 53 heavy (non-hydrogen) atoms. The number of anilines is 1. The average molecular weight is 768 g/mol. The Bertz CT molecular complexity index is 1820. The van der Waals surface area contributed by atoms with Crippen LogP contribution in [0.1, 0.15) is 80.3 Å². The fraction of sp³-hybridized carbons (Fsp3) is 0.610. The Labute approximate surface area is 319 Å². The number of piperidine rings is 1. The molecule has 4 aliphatic heterocycles. The summed E-state index contributed by atoms with van der Waals surface area (Å²) in [6, 6.07) is 11.3. The van der Waals surface area contributed by atoms with Gasteiger partial charge in [0.25, 0.3) is 5.91 Å². The van der Waals surface area contributed by atoms with Crippen LogP contribution in [0.2, 0.25) is 5.02 Å². The normalized spacial score (nSPS) is 33.6. The second-order valence-corrected chi connectivity index (χ2v) is 18.9. The number of fused-ring (bicyclic) bond motifs is 4. The SMILES string of the molecule is C1CC2(CCN1)COC2.CO[C@@]1(C=O)/C=C/C[C@H](C)[C@@H](C)S(=O)(=O)NC(=O)c2ccc3c(c2)N(C[C@@H]2CC[C@H]21)C[C@@]1(CCCc2cc(Cl)ccc21)CO3. The van der Waals surface area contributed by atoms with Gasteiger partial charge in [-0.1, -0.05) is 30.7 Å². The Balaban J connectivity index is 0.000000418. The second-order valence-electron chi connectivity index (χ2n) is 16.4. The molecule has 3 fully saturated rings. The molecule has 0 radical (unpaired) electrons. The van der Waals surface area contributed by atoms with Crippen LogP contribution in [0, 0.1) is 23.2 Å². The van der Waals surface area contributed by atoms with Crippen molar-refractivity contribution in [2.45, 2.75) is 81.5 Å². The minimum atomic E-state index is -3.97. The smallest absolute Gasteiger partial charge is 0.264 e. The lowest BCUT2D eigenvalue weighted by atomic mass is 9.64. The average Bonchev–Trinajstić information content (AvgIpc) is 3.28. The lowest BCUT2D eigenvalue weighted by Crippen LogP contribution is -2.53. The zero-order chi connectivity index (χ0) is 37.4. The lowest BCUT2D eigenvalue weighted by molar-refractivity contribution is -0.135. The van der Waals surface area contributed by atoms with E-state index in [4.69, 9.17) is 25.8 Å². The summed E-state index contributed by atoms with van der Waals surface area (Å²) in [5.74, 6) is -0.203. The zero-order valence-electron chi connectivity index (χ0n) is 31.2. The van der Waals surface area contributed by atoms with E-state index >= 15 is 0 Å². The minimum Gasteiger partial charge on any atom is -0.490 e. The maximum absolute atomic E-state index is 13.4. The number of amides is 1. The molecule has 4 heterocycles. The number of aryl methyl sites for hydroxylation is 1. The molecule has 2 aromatic carbocycles. The first-order valence-electron chi connectivity index (χ1n) is 19.3. The van der Waals surface area contributed by atoms with Gasteiger partial charge in [-0.05, 0) is 131 Å². The van der Waals surface area contributed by atoms with E-state index in [1.54, 1.807) is 32.2 Å². The Morgan fingerprint density at radius 3 is 2.49 bits per heavy atom. The number of benzene rings is 2. The molecule has 288 valence electrons. The van der Waals surface area contributed by atoms with Crippen molar-refractivity contribution < 1.29 is 32.2 Å². The minimum absolute atomic E-state index is 0.0434. The summed E-state index contributed by atoms with van der Waals surface area (Å²) >= 11 is 6.40. The van der Waals surface area contributed by atoms with Crippen LogP contribution in [0.25, 0.3) is 0 Å². The maximum atomic E-state index is 13.4. The molecular formula is C41H54ClN3O7S. The molecule has 0 aromatic heterocycles. The van der Waals surface area contributed by atoms with Crippen molar-refractivity contribution in [3.05, 3.63) is 70.3 Å². The highest BCUT2D eigenvalue weighted by atomic mass is 35.5. The summed E-state index contributed by atoms with van der Waals surface area (Å²) in [6.45, 7) is 9.61. The Morgan fingerprint density at radius 2 is 1.83 bits per heavy atom. The number of sulfonamides is 1. The van der Waals surface area contributed by atoms with Crippen LogP contribution in [0.5, 0.6) is 5.75 Å². The van der Waals surface area contributed by atoms with Gasteiger partial charge in [-0.3, -0.25) is 9.59 Å². The van der Waals surface area contributed by atoms with Crippen molar-refractivity contribution in [1.29, 1.82) is 0 Å². The molecule has 2 aliphatic carbocycles. The number of rotatable bonds is 2. The van der Waals surface area contributed by atoms with Crippen LogP contribution >= 0.6 is 11.6 Å². The molecule has 2 spiro atoms. The predicted molar refractivity (Wildman–Crippen MR) is 206 cm³/mol. The standard InChI is InChI=1S/C34H41ClN2O6S.C7H13NO/c1-22-6-4-15-34(20-38,42-3)29-11-8-26(29)18-37-19-33(14-5-7-24-16-27(35)10-12-28(24)33)21-43-31-13-9-25(17-30(31)37)32(39)36-44(40,41)23(22)2;1-3-8-4-2-7(1)5-9-6-7/h4,9-10,12-13,15-17,20,22-23,26,29H,5-8,11,14,18-19,21H2,1-3H3,(H,36,39);8H,1-6H2/b15-4+;/t22-,23+,26-,29+,33-,34+;/m0./s1. The van der Waals surface area contributed by atoms with Gasteiger partial charge < -0.3 is 24.4 Å². The number of aldehydes is 1. The van der Waals surface area contributed by atoms with Crippen molar-refractivity contribution in [3.8, 4) is 5.75 Å². The van der Waals surface area contributed by atoms with E-state index in [2.05, 4.69) is 27.1 Å². The molecule has 12 heteroatoms. The molecule has 2 N–H and O–H groups in total. The van der Waals surface area contributed by atoms with E-state index < -0.39 is 26.8 Å². The van der Waals surface area contributed by atoms with Gasteiger partial charge >= 0.3 is 0 Å². The number of ether oxygens (including phenoxy) is 3. The molecule has 0 unspecified atom stereocenters. The molecule has 6 aliphatic rings. The largest absolute Gasteiger partial charge is 0.490 e. The van der Waals surface area contributed by atoms with E-state index in [1.807, 2.05) is 25.1 Å². The van der Waals surface area contributed by atoms with E-state index in [-0.39, 0.29) is 28.7 Å². The van der Waals surface area contributed by atoms with Crippen LogP contribution in [-0.4, -0.2) is 84.6 Å². The third kappa shape index (κ3) is 7.53. The van der Waals surface area contributed by atoms with Gasteiger partial charge in [-0.15, -0.1) is 0 Å². The summed E-state index contributed by atoms with van der Waals surface area (Å²) in [4.78, 5) is 28.4. The fourth-order valence-corrected chi connectivity index (χ4v) is 10.8. The Hall–Kier alpha value is -2.96. The van der Waals surface area contributed by atoms with Gasteiger partial charge in [0, 0.05) is 47.5 Å². The number of carbonyl (C=O) groups excluding carboxylic acids is 2. The first-order valence-corrected chi connectivity index (χ1v) is 21.2. The van der Waals surface area contributed by atoms with Crippen LogP contribution in [0.15, 0.2) is 48.6 Å². The number of nitrogens with one attached hydrogen (secondary N) is 2. The van der Waals surface area contributed by atoms with Gasteiger partial charge in [0.05, 0.1) is 30.8 Å². The lowest BCUT2D eigenvalue weighted by Gasteiger charge is -2.48. The number of nitrogens with zero attached hydrogens (tertiary/aromatic N) is 1. The van der Waals surface area contributed by atoms with Crippen LogP contribution in [0.3, 0.4) is 0 Å². The Kier molecular flexibility index (Phi) is 11.1. The van der Waals surface area contributed by atoms with E-state index in [0.29, 0.717) is 42.3 Å². The highest BCUT2D eigenvalue weighted by Gasteiger charge is 2.49. The van der Waals surface area contributed by atoms with Gasteiger partial charge in [-0.25, -0.2) is 13.1 Å². The highest BCUT2D eigenvalue weighted by molar-refractivity contribution is 7.90. The molecule has 10 nitrogen and oxygen atoms in total. The first kappa shape index (κ1) is 38.3. The van der Waals surface area contributed by atoms with Crippen molar-refractivity contribution in [3.63, 3.8) is 0 Å². The molecule has 2 bridgehead atoms. The molecule has 1 saturated carbocycles. The van der Waals surface area contributed by atoms with Crippen LogP contribution in [-0.2, 0) is 36.1 Å². The Morgan fingerprint density at radius 1 is 1.04 bits per heavy atom. The van der Waals surface area contributed by atoms with Crippen molar-refractivity contribution in [2.75, 3.05) is 58.0 Å². The van der Waals surface area contributed by atoms with Crippen molar-refractivity contribution in [1.82, 2.24) is 10.0 Å². The number of carbonyl (C=O) groups is 2. The molecule has 6 atom stereocenters. The topological polar surface area (TPSA) is 123 Å². The number of hydrogen-bond donors (Lipinski definition) is 2. The molecular weight excluding hydrogens is 714 g/mol. The highest BCUT2D eigenvalue weighted by Crippen LogP contribution is 2.48. The summed E-state index contributed by atoms with van der Waals surface area (Å²) < 4.78 is 46.5. The quantitative estimate of drug-likeness (QED) is 0.286.